The van der Waals surface area contributed by atoms with E-state index >= 15 is 0 Å². The first-order valence-electron chi connectivity index (χ1n) is 6.48. The molecule has 0 saturated carbocycles. The fourth-order valence-corrected chi connectivity index (χ4v) is 2.01. The van der Waals surface area contributed by atoms with Gasteiger partial charge in [0.2, 0.25) is 6.79 Å². The van der Waals surface area contributed by atoms with Gasteiger partial charge in [-0.25, -0.2) is 0 Å². The lowest BCUT2D eigenvalue weighted by atomic mass is 10.1. The first-order chi connectivity index (χ1) is 9.52. The molecule has 2 rings (SSSR count). The van der Waals surface area contributed by atoms with Crippen molar-refractivity contribution < 1.29 is 19.0 Å². The molecule has 0 bridgehead atoms. The Labute approximate surface area is 118 Å². The highest BCUT2D eigenvalue weighted by molar-refractivity contribution is 5.80. The van der Waals surface area contributed by atoms with Gasteiger partial charge in [0, 0.05) is 32.3 Å². The summed E-state index contributed by atoms with van der Waals surface area (Å²) in [7, 11) is 5.26. The maximum absolute atomic E-state index is 11.9. The lowest BCUT2D eigenvalue weighted by Gasteiger charge is -2.20. The van der Waals surface area contributed by atoms with E-state index in [0.29, 0.717) is 23.8 Å². The Balaban J connectivity index is 2.23. The molecule has 1 N–H and O–H groups in total. The van der Waals surface area contributed by atoms with Crippen molar-refractivity contribution in [3.8, 4) is 17.2 Å². The predicted molar refractivity (Wildman–Crippen MR) is 74.1 cm³/mol. The number of likely N-dealkylation sites (N-methyl/N-ethyl adjacent to an activating group) is 1. The van der Waals surface area contributed by atoms with Crippen LogP contribution in [0, 0.1) is 0 Å². The molecule has 1 amide bonds. The van der Waals surface area contributed by atoms with Crippen LogP contribution < -0.4 is 19.5 Å². The van der Waals surface area contributed by atoms with E-state index in [-0.39, 0.29) is 12.7 Å². The molecule has 1 aromatic rings. The monoisotopic (exact) mass is 280 g/mol. The van der Waals surface area contributed by atoms with E-state index in [1.807, 2.05) is 13.1 Å². The van der Waals surface area contributed by atoms with Crippen LogP contribution in [-0.4, -0.2) is 44.8 Å². The summed E-state index contributed by atoms with van der Waals surface area (Å²) in [5.41, 5.74) is 0.926. The number of nitrogens with one attached hydrogen (secondary N) is 1. The SMILES string of the molecule is CNCc1cc2c(cc1OC(C)C(=O)N(C)C)OCO2. The van der Waals surface area contributed by atoms with Gasteiger partial charge in [-0.15, -0.1) is 0 Å². The molecular weight excluding hydrogens is 260 g/mol. The van der Waals surface area contributed by atoms with E-state index in [9.17, 15) is 4.79 Å². The van der Waals surface area contributed by atoms with Gasteiger partial charge in [-0.2, -0.15) is 0 Å². The van der Waals surface area contributed by atoms with Crippen molar-refractivity contribution >= 4 is 5.91 Å². The van der Waals surface area contributed by atoms with Crippen molar-refractivity contribution in [2.45, 2.75) is 19.6 Å². The van der Waals surface area contributed by atoms with Crippen LogP contribution in [0.15, 0.2) is 12.1 Å². The first-order valence-corrected chi connectivity index (χ1v) is 6.48. The van der Waals surface area contributed by atoms with E-state index in [0.717, 1.165) is 5.56 Å². The highest BCUT2D eigenvalue weighted by atomic mass is 16.7. The fraction of sp³-hybridized carbons (Fsp3) is 0.500. The molecule has 1 atom stereocenters. The normalized spacial score (nSPS) is 14.0. The van der Waals surface area contributed by atoms with Crippen LogP contribution in [0.2, 0.25) is 0 Å². The van der Waals surface area contributed by atoms with E-state index in [1.165, 1.54) is 4.90 Å². The standard InChI is InChI=1S/C14H20N2O4/c1-9(14(17)16(3)4)20-11-6-13-12(18-8-19-13)5-10(11)7-15-2/h5-6,9,15H,7-8H2,1-4H3. The molecule has 1 aliphatic rings. The van der Waals surface area contributed by atoms with E-state index in [2.05, 4.69) is 5.32 Å². The van der Waals surface area contributed by atoms with E-state index < -0.39 is 6.10 Å². The van der Waals surface area contributed by atoms with Crippen LogP contribution in [0.25, 0.3) is 0 Å². The minimum absolute atomic E-state index is 0.0851. The maximum atomic E-state index is 11.9. The lowest BCUT2D eigenvalue weighted by molar-refractivity contribution is -0.135. The van der Waals surface area contributed by atoms with Gasteiger partial charge in [-0.3, -0.25) is 4.79 Å². The molecule has 0 spiro atoms. The van der Waals surface area contributed by atoms with E-state index in [4.69, 9.17) is 14.2 Å². The van der Waals surface area contributed by atoms with Gasteiger partial charge in [-0.05, 0) is 20.0 Å². The average molecular weight is 280 g/mol. The molecule has 110 valence electrons. The third kappa shape index (κ3) is 2.96. The zero-order chi connectivity index (χ0) is 14.7. The summed E-state index contributed by atoms with van der Waals surface area (Å²) < 4.78 is 16.5. The molecule has 0 aromatic heterocycles. The van der Waals surface area contributed by atoms with Crippen LogP contribution in [0.5, 0.6) is 17.2 Å². The minimum atomic E-state index is -0.555. The number of hydrogen-bond donors (Lipinski definition) is 1. The van der Waals surface area contributed by atoms with Gasteiger partial charge in [0.05, 0.1) is 0 Å². The Bertz CT molecular complexity index is 502. The molecule has 1 heterocycles. The molecule has 0 saturated heterocycles. The third-order valence-corrected chi connectivity index (χ3v) is 3.02. The van der Waals surface area contributed by atoms with Crippen molar-refractivity contribution in [2.24, 2.45) is 0 Å². The maximum Gasteiger partial charge on any atom is 0.262 e. The molecule has 1 aliphatic heterocycles. The molecule has 0 radical (unpaired) electrons. The molecule has 1 unspecified atom stereocenters. The fourth-order valence-electron chi connectivity index (χ4n) is 2.01. The lowest BCUT2D eigenvalue weighted by Crippen LogP contribution is -2.35. The second-order valence-corrected chi connectivity index (χ2v) is 4.84. The number of hydrogen-bond acceptors (Lipinski definition) is 5. The number of carbonyl (C=O) groups excluding carboxylic acids is 1. The number of rotatable bonds is 5. The summed E-state index contributed by atoms with van der Waals surface area (Å²) in [6.07, 6.45) is -0.555. The van der Waals surface area contributed by atoms with Crippen LogP contribution in [0.4, 0.5) is 0 Å². The smallest absolute Gasteiger partial charge is 0.262 e. The quantitative estimate of drug-likeness (QED) is 0.871. The van der Waals surface area contributed by atoms with Gasteiger partial charge in [0.15, 0.2) is 17.6 Å². The summed E-state index contributed by atoms with van der Waals surface area (Å²) in [6.45, 7) is 2.56. The van der Waals surface area contributed by atoms with Crippen LogP contribution in [-0.2, 0) is 11.3 Å². The molecule has 0 fully saturated rings. The minimum Gasteiger partial charge on any atom is -0.480 e. The zero-order valence-corrected chi connectivity index (χ0v) is 12.2. The molecule has 0 aliphatic carbocycles. The summed E-state index contributed by atoms with van der Waals surface area (Å²) in [4.78, 5) is 13.4. The molecule has 20 heavy (non-hydrogen) atoms. The molecule has 6 nitrogen and oxygen atoms in total. The Morgan fingerprint density at radius 1 is 1.40 bits per heavy atom. The second-order valence-electron chi connectivity index (χ2n) is 4.84. The average Bonchev–Trinajstić information content (AvgIpc) is 2.85. The summed E-state index contributed by atoms with van der Waals surface area (Å²) >= 11 is 0. The van der Waals surface area contributed by atoms with Gasteiger partial charge >= 0.3 is 0 Å². The number of nitrogens with zero attached hydrogens (tertiary/aromatic N) is 1. The van der Waals surface area contributed by atoms with Crippen molar-refractivity contribution in [2.75, 3.05) is 27.9 Å². The second kappa shape index (κ2) is 6.00. The number of benzene rings is 1. The molecular formula is C14H20N2O4. The van der Waals surface area contributed by atoms with Crippen LogP contribution in [0.1, 0.15) is 12.5 Å². The number of amides is 1. The largest absolute Gasteiger partial charge is 0.480 e. The van der Waals surface area contributed by atoms with Gasteiger partial charge in [-0.1, -0.05) is 0 Å². The Kier molecular flexibility index (Phi) is 4.34. The summed E-state index contributed by atoms with van der Waals surface area (Å²) in [6, 6.07) is 3.65. The van der Waals surface area contributed by atoms with Crippen molar-refractivity contribution in [3.63, 3.8) is 0 Å². The van der Waals surface area contributed by atoms with Gasteiger partial charge < -0.3 is 24.4 Å². The van der Waals surface area contributed by atoms with Crippen molar-refractivity contribution in [1.29, 1.82) is 0 Å². The summed E-state index contributed by atoms with van der Waals surface area (Å²) in [5, 5.41) is 3.07. The molecule has 6 heteroatoms. The van der Waals surface area contributed by atoms with E-state index in [1.54, 1.807) is 27.1 Å². The van der Waals surface area contributed by atoms with Crippen LogP contribution in [0.3, 0.4) is 0 Å². The Morgan fingerprint density at radius 2 is 2.05 bits per heavy atom. The Morgan fingerprint density at radius 3 is 2.65 bits per heavy atom. The predicted octanol–water partition coefficient (Wildman–Crippen LogP) is 0.990. The van der Waals surface area contributed by atoms with Gasteiger partial charge in [0.1, 0.15) is 5.75 Å². The highest BCUT2D eigenvalue weighted by Crippen LogP contribution is 2.38. The van der Waals surface area contributed by atoms with Crippen molar-refractivity contribution in [3.05, 3.63) is 17.7 Å². The number of carbonyl (C=O) groups is 1. The van der Waals surface area contributed by atoms with Gasteiger partial charge in [0.25, 0.3) is 5.91 Å². The first kappa shape index (κ1) is 14.5. The highest BCUT2D eigenvalue weighted by Gasteiger charge is 2.22. The Hall–Kier alpha value is -1.95. The topological polar surface area (TPSA) is 60.0 Å². The molecule has 1 aromatic carbocycles. The number of ether oxygens (including phenoxy) is 3. The van der Waals surface area contributed by atoms with Crippen molar-refractivity contribution in [1.82, 2.24) is 10.2 Å². The third-order valence-electron chi connectivity index (χ3n) is 3.02. The number of fused-ring (bicyclic) bond motifs is 1. The van der Waals surface area contributed by atoms with Crippen LogP contribution >= 0.6 is 0 Å². The zero-order valence-electron chi connectivity index (χ0n) is 12.2. The summed E-state index contributed by atoms with van der Waals surface area (Å²) in [5.74, 6) is 1.89.